The number of hydrogen-bond donors (Lipinski definition) is 3. The Morgan fingerprint density at radius 1 is 1.00 bits per heavy atom. The Hall–Kier alpha value is -2.98. The smallest absolute Gasteiger partial charge is 0.269 e. The molecule has 0 saturated carbocycles. The molecule has 27 heavy (non-hydrogen) atoms. The quantitative estimate of drug-likeness (QED) is 0.433. The fourth-order valence-corrected chi connectivity index (χ4v) is 3.51. The average Bonchev–Trinajstić information content (AvgIpc) is 3.14. The number of nitrogens with zero attached hydrogens (tertiary/aromatic N) is 2. The van der Waals surface area contributed by atoms with Crippen LogP contribution >= 0.6 is 23.1 Å². The van der Waals surface area contributed by atoms with E-state index in [4.69, 9.17) is 0 Å². The number of hydrogen-bond acceptors (Lipinski definition) is 7. The number of aromatic nitrogens is 2. The lowest BCUT2D eigenvalue weighted by molar-refractivity contribution is -0.119. The summed E-state index contributed by atoms with van der Waals surface area (Å²) in [6.45, 7) is 0. The van der Waals surface area contributed by atoms with E-state index in [-0.39, 0.29) is 11.7 Å². The number of hydrazine groups is 1. The van der Waals surface area contributed by atoms with Crippen molar-refractivity contribution in [3.05, 3.63) is 66.0 Å². The van der Waals surface area contributed by atoms with E-state index in [0.717, 1.165) is 11.8 Å². The Balaban J connectivity index is 1.45. The van der Waals surface area contributed by atoms with E-state index < -0.39 is 11.7 Å². The SMILES string of the molecule is O=C(CSc1nnc(Nc2ccccc2F)s1)NNC(=O)c1ccccc1. The lowest BCUT2D eigenvalue weighted by Crippen LogP contribution is -2.42. The molecule has 0 fully saturated rings. The Bertz CT molecular complexity index is 936. The lowest BCUT2D eigenvalue weighted by Gasteiger charge is -2.06. The van der Waals surface area contributed by atoms with Crippen LogP contribution in [0.15, 0.2) is 58.9 Å². The normalized spacial score (nSPS) is 10.3. The van der Waals surface area contributed by atoms with Gasteiger partial charge in [-0.05, 0) is 24.3 Å². The third-order valence-electron chi connectivity index (χ3n) is 3.20. The van der Waals surface area contributed by atoms with Gasteiger partial charge in [-0.15, -0.1) is 10.2 Å². The number of halogens is 1. The van der Waals surface area contributed by atoms with E-state index in [9.17, 15) is 14.0 Å². The van der Waals surface area contributed by atoms with Gasteiger partial charge in [0.25, 0.3) is 5.91 Å². The van der Waals surface area contributed by atoms with Gasteiger partial charge in [0, 0.05) is 5.56 Å². The van der Waals surface area contributed by atoms with Crippen molar-refractivity contribution in [2.24, 2.45) is 0 Å². The van der Waals surface area contributed by atoms with E-state index >= 15 is 0 Å². The number of benzene rings is 2. The van der Waals surface area contributed by atoms with Crippen molar-refractivity contribution in [2.75, 3.05) is 11.1 Å². The third-order valence-corrected chi connectivity index (χ3v) is 5.17. The van der Waals surface area contributed by atoms with Crippen LogP contribution in [0, 0.1) is 5.82 Å². The summed E-state index contributed by atoms with van der Waals surface area (Å²) in [5, 5.41) is 11.1. The molecule has 3 N–H and O–H groups in total. The zero-order valence-corrected chi connectivity index (χ0v) is 15.4. The van der Waals surface area contributed by atoms with Crippen molar-refractivity contribution in [3.63, 3.8) is 0 Å². The summed E-state index contributed by atoms with van der Waals surface area (Å²) in [7, 11) is 0. The molecule has 2 amide bonds. The highest BCUT2D eigenvalue weighted by Gasteiger charge is 2.11. The lowest BCUT2D eigenvalue weighted by atomic mass is 10.2. The van der Waals surface area contributed by atoms with Gasteiger partial charge in [0.2, 0.25) is 11.0 Å². The zero-order chi connectivity index (χ0) is 19.1. The number of rotatable bonds is 6. The summed E-state index contributed by atoms with van der Waals surface area (Å²) in [5.41, 5.74) is 5.42. The Labute approximate surface area is 162 Å². The Kier molecular flexibility index (Phi) is 6.34. The van der Waals surface area contributed by atoms with Gasteiger partial charge < -0.3 is 5.32 Å². The molecule has 0 aliphatic heterocycles. The molecule has 1 aromatic heterocycles. The first-order valence-electron chi connectivity index (χ1n) is 7.74. The number of anilines is 2. The molecule has 0 aliphatic carbocycles. The van der Waals surface area contributed by atoms with E-state index in [1.807, 2.05) is 0 Å². The van der Waals surface area contributed by atoms with Crippen LogP contribution in [0.1, 0.15) is 10.4 Å². The molecule has 1 heterocycles. The van der Waals surface area contributed by atoms with E-state index in [1.54, 1.807) is 48.5 Å². The minimum Gasteiger partial charge on any atom is -0.328 e. The molecule has 0 radical (unpaired) electrons. The van der Waals surface area contributed by atoms with Crippen molar-refractivity contribution in [2.45, 2.75) is 4.34 Å². The highest BCUT2D eigenvalue weighted by atomic mass is 32.2. The van der Waals surface area contributed by atoms with Crippen LogP contribution in [-0.4, -0.2) is 27.8 Å². The van der Waals surface area contributed by atoms with Crippen molar-refractivity contribution < 1.29 is 14.0 Å². The number of para-hydroxylation sites is 1. The highest BCUT2D eigenvalue weighted by molar-refractivity contribution is 8.01. The van der Waals surface area contributed by atoms with Crippen LogP contribution < -0.4 is 16.2 Å². The summed E-state index contributed by atoms with van der Waals surface area (Å²) >= 11 is 2.35. The zero-order valence-electron chi connectivity index (χ0n) is 13.8. The Morgan fingerprint density at radius 3 is 2.52 bits per heavy atom. The monoisotopic (exact) mass is 403 g/mol. The van der Waals surface area contributed by atoms with E-state index in [2.05, 4.69) is 26.4 Å². The summed E-state index contributed by atoms with van der Waals surface area (Å²) in [5.74, 6) is -1.14. The van der Waals surface area contributed by atoms with E-state index in [1.165, 1.54) is 17.4 Å². The van der Waals surface area contributed by atoms with Gasteiger partial charge in [-0.1, -0.05) is 53.4 Å². The summed E-state index contributed by atoms with van der Waals surface area (Å²) in [6, 6.07) is 14.8. The number of carbonyl (C=O) groups excluding carboxylic acids is 2. The largest absolute Gasteiger partial charge is 0.328 e. The standard InChI is InChI=1S/C17H14FN5O2S2/c18-12-8-4-5-9-13(12)19-16-22-23-17(27-16)26-10-14(24)20-21-15(25)11-6-2-1-3-7-11/h1-9H,10H2,(H,19,22)(H,20,24)(H,21,25). The first-order chi connectivity index (χ1) is 13.1. The van der Waals surface area contributed by atoms with Gasteiger partial charge >= 0.3 is 0 Å². The molecule has 0 spiro atoms. The predicted molar refractivity (Wildman–Crippen MR) is 102 cm³/mol. The molecule has 0 saturated heterocycles. The minimum atomic E-state index is -0.402. The second-order valence-electron chi connectivity index (χ2n) is 5.13. The van der Waals surface area contributed by atoms with Crippen molar-refractivity contribution >= 4 is 45.7 Å². The van der Waals surface area contributed by atoms with Gasteiger partial charge in [0.05, 0.1) is 11.4 Å². The first kappa shape index (κ1) is 18.8. The molecule has 3 aromatic rings. The molecule has 0 aliphatic rings. The van der Waals surface area contributed by atoms with Crippen LogP contribution in [0.3, 0.4) is 0 Å². The van der Waals surface area contributed by atoms with Gasteiger partial charge in [-0.3, -0.25) is 20.4 Å². The topological polar surface area (TPSA) is 96.0 Å². The first-order valence-corrected chi connectivity index (χ1v) is 9.54. The fourth-order valence-electron chi connectivity index (χ4n) is 1.95. The summed E-state index contributed by atoms with van der Waals surface area (Å²) in [4.78, 5) is 23.7. The van der Waals surface area contributed by atoms with Crippen molar-refractivity contribution in [3.8, 4) is 0 Å². The van der Waals surface area contributed by atoms with E-state index in [0.29, 0.717) is 20.7 Å². The molecule has 3 rings (SSSR count). The van der Waals surface area contributed by atoms with Gasteiger partial charge in [0.1, 0.15) is 5.82 Å². The maximum Gasteiger partial charge on any atom is 0.269 e. The fraction of sp³-hybridized carbons (Fsp3) is 0.0588. The van der Waals surface area contributed by atoms with Crippen molar-refractivity contribution in [1.29, 1.82) is 0 Å². The summed E-state index contributed by atoms with van der Waals surface area (Å²) < 4.78 is 14.2. The summed E-state index contributed by atoms with van der Waals surface area (Å²) in [6.07, 6.45) is 0. The molecule has 0 bridgehead atoms. The van der Waals surface area contributed by atoms with Gasteiger partial charge in [-0.2, -0.15) is 0 Å². The maximum absolute atomic E-state index is 13.6. The second-order valence-corrected chi connectivity index (χ2v) is 7.33. The molecule has 2 aromatic carbocycles. The Morgan fingerprint density at radius 2 is 1.74 bits per heavy atom. The van der Waals surface area contributed by atoms with Gasteiger partial charge in [0.15, 0.2) is 4.34 Å². The molecule has 0 atom stereocenters. The molecule has 138 valence electrons. The minimum absolute atomic E-state index is 0.0450. The average molecular weight is 403 g/mol. The van der Waals surface area contributed by atoms with Gasteiger partial charge in [-0.25, -0.2) is 4.39 Å². The number of thioether (sulfide) groups is 1. The molecule has 0 unspecified atom stereocenters. The van der Waals surface area contributed by atoms with Crippen LogP contribution in [0.4, 0.5) is 15.2 Å². The second kappa shape index (κ2) is 9.10. The number of amides is 2. The molecule has 7 nitrogen and oxygen atoms in total. The molecular formula is C17H14FN5O2S2. The molecular weight excluding hydrogens is 389 g/mol. The van der Waals surface area contributed by atoms with Crippen LogP contribution in [0.25, 0.3) is 0 Å². The third kappa shape index (κ3) is 5.50. The number of nitrogens with one attached hydrogen (secondary N) is 3. The highest BCUT2D eigenvalue weighted by Crippen LogP contribution is 2.28. The predicted octanol–water partition coefficient (Wildman–Crippen LogP) is 2.97. The van der Waals surface area contributed by atoms with Crippen molar-refractivity contribution in [1.82, 2.24) is 21.0 Å². The number of carbonyl (C=O) groups is 2. The maximum atomic E-state index is 13.6. The van der Waals surface area contributed by atoms with Crippen LogP contribution in [-0.2, 0) is 4.79 Å². The molecule has 10 heteroatoms. The van der Waals surface area contributed by atoms with Crippen LogP contribution in [0.5, 0.6) is 0 Å². The van der Waals surface area contributed by atoms with Crippen LogP contribution in [0.2, 0.25) is 0 Å².